The molecule has 114 valence electrons. The van der Waals surface area contributed by atoms with Gasteiger partial charge in [0.1, 0.15) is 10.7 Å². The number of sulfonamides is 1. The van der Waals surface area contributed by atoms with Crippen molar-refractivity contribution >= 4 is 44.9 Å². The molecule has 0 amide bonds. The van der Waals surface area contributed by atoms with Gasteiger partial charge in [-0.3, -0.25) is 0 Å². The second kappa shape index (κ2) is 6.32. The summed E-state index contributed by atoms with van der Waals surface area (Å²) in [6.45, 7) is 0. The van der Waals surface area contributed by atoms with Crippen molar-refractivity contribution in [2.45, 2.75) is 10.6 Å². The van der Waals surface area contributed by atoms with Crippen LogP contribution in [0, 0.1) is 0 Å². The molecule has 4 nitrogen and oxygen atoms in total. The standard InChI is InChI=1S/C15H13ClN2O2S2/c16-12-6-7-13-14(8-12)22(19,20)18-15(17-13)10-21-9-11-4-2-1-3-5-11/h1-8H,9-10H2,(H,17,18). The van der Waals surface area contributed by atoms with Crippen LogP contribution in [-0.2, 0) is 15.8 Å². The number of fused-ring (bicyclic) bond motifs is 1. The predicted octanol–water partition coefficient (Wildman–Crippen LogP) is 3.79. The number of hydrogen-bond acceptors (Lipinski definition) is 4. The Morgan fingerprint density at radius 2 is 1.86 bits per heavy atom. The van der Waals surface area contributed by atoms with Crippen LogP contribution in [0.15, 0.2) is 57.8 Å². The summed E-state index contributed by atoms with van der Waals surface area (Å²) in [5, 5.41) is 3.43. The lowest BCUT2D eigenvalue weighted by Crippen LogP contribution is -2.23. The molecule has 1 aliphatic heterocycles. The second-order valence-electron chi connectivity index (χ2n) is 4.76. The lowest BCUT2D eigenvalue weighted by atomic mass is 10.2. The quantitative estimate of drug-likeness (QED) is 0.909. The zero-order chi connectivity index (χ0) is 15.6. The minimum Gasteiger partial charge on any atom is -0.341 e. The third kappa shape index (κ3) is 3.45. The van der Waals surface area contributed by atoms with E-state index in [1.165, 1.54) is 11.6 Å². The Morgan fingerprint density at radius 1 is 1.09 bits per heavy atom. The number of nitrogens with zero attached hydrogens (tertiary/aromatic N) is 1. The molecule has 1 heterocycles. The molecule has 0 saturated heterocycles. The first-order valence-corrected chi connectivity index (χ1v) is 9.54. The van der Waals surface area contributed by atoms with Crippen LogP contribution in [0.1, 0.15) is 5.56 Å². The van der Waals surface area contributed by atoms with Gasteiger partial charge in [-0.1, -0.05) is 41.9 Å². The minimum absolute atomic E-state index is 0.122. The molecular weight excluding hydrogens is 340 g/mol. The summed E-state index contributed by atoms with van der Waals surface area (Å²) in [6.07, 6.45) is 0. The Bertz CT molecular complexity index is 821. The number of thioether (sulfide) groups is 1. The third-order valence-corrected chi connectivity index (χ3v) is 5.69. The summed E-state index contributed by atoms with van der Waals surface area (Å²) >= 11 is 7.45. The maximum absolute atomic E-state index is 12.2. The highest BCUT2D eigenvalue weighted by molar-refractivity contribution is 7.99. The van der Waals surface area contributed by atoms with Crippen molar-refractivity contribution in [2.24, 2.45) is 4.40 Å². The zero-order valence-corrected chi connectivity index (χ0v) is 13.9. The molecule has 0 spiro atoms. The number of benzene rings is 2. The second-order valence-corrected chi connectivity index (χ2v) is 7.75. The van der Waals surface area contributed by atoms with Crippen molar-refractivity contribution in [2.75, 3.05) is 11.1 Å². The van der Waals surface area contributed by atoms with Crippen LogP contribution in [0.2, 0.25) is 5.02 Å². The third-order valence-electron chi connectivity index (χ3n) is 3.08. The van der Waals surface area contributed by atoms with Gasteiger partial charge in [0.25, 0.3) is 10.0 Å². The minimum atomic E-state index is -3.68. The summed E-state index contributed by atoms with van der Waals surface area (Å²) < 4.78 is 28.2. The Balaban J connectivity index is 1.72. The van der Waals surface area contributed by atoms with E-state index in [4.69, 9.17) is 11.6 Å². The fourth-order valence-corrected chi connectivity index (χ4v) is 4.44. The average Bonchev–Trinajstić information content (AvgIpc) is 2.49. The van der Waals surface area contributed by atoms with Gasteiger partial charge < -0.3 is 5.32 Å². The summed E-state index contributed by atoms with van der Waals surface area (Å²) in [7, 11) is -3.68. The molecule has 7 heteroatoms. The fraction of sp³-hybridized carbons (Fsp3) is 0.133. The Hall–Kier alpha value is -1.50. The molecule has 1 N–H and O–H groups in total. The van der Waals surface area contributed by atoms with Gasteiger partial charge in [-0.25, -0.2) is 0 Å². The normalized spacial score (nSPS) is 15.6. The molecule has 0 aliphatic carbocycles. The average molecular weight is 353 g/mol. The van der Waals surface area contributed by atoms with Crippen LogP contribution < -0.4 is 5.32 Å². The number of amidine groups is 1. The topological polar surface area (TPSA) is 58.5 Å². The molecule has 2 aromatic rings. The largest absolute Gasteiger partial charge is 0.341 e. The first-order chi connectivity index (χ1) is 10.5. The fourth-order valence-electron chi connectivity index (χ4n) is 2.09. The molecule has 0 unspecified atom stereocenters. The van der Waals surface area contributed by atoms with E-state index in [1.807, 2.05) is 30.3 Å². The molecule has 0 aromatic heterocycles. The zero-order valence-electron chi connectivity index (χ0n) is 11.5. The monoisotopic (exact) mass is 352 g/mol. The van der Waals surface area contributed by atoms with Crippen molar-refractivity contribution in [3.05, 3.63) is 59.1 Å². The highest BCUT2D eigenvalue weighted by Crippen LogP contribution is 2.30. The van der Waals surface area contributed by atoms with Gasteiger partial charge in [0.15, 0.2) is 0 Å². The van der Waals surface area contributed by atoms with E-state index in [2.05, 4.69) is 9.71 Å². The van der Waals surface area contributed by atoms with Gasteiger partial charge >= 0.3 is 0 Å². The predicted molar refractivity (Wildman–Crippen MR) is 92.3 cm³/mol. The molecule has 0 saturated carbocycles. The maximum atomic E-state index is 12.2. The van der Waals surface area contributed by atoms with Gasteiger partial charge in [0.05, 0.1) is 11.4 Å². The highest BCUT2D eigenvalue weighted by atomic mass is 35.5. The Kier molecular flexibility index (Phi) is 4.42. The van der Waals surface area contributed by atoms with E-state index in [1.54, 1.807) is 23.9 Å². The highest BCUT2D eigenvalue weighted by Gasteiger charge is 2.24. The summed E-state index contributed by atoms with van der Waals surface area (Å²) in [4.78, 5) is 0.122. The van der Waals surface area contributed by atoms with Gasteiger partial charge in [0.2, 0.25) is 0 Å². The molecule has 1 aliphatic rings. The molecule has 22 heavy (non-hydrogen) atoms. The van der Waals surface area contributed by atoms with E-state index in [0.717, 1.165) is 5.75 Å². The van der Waals surface area contributed by atoms with Gasteiger partial charge in [-0.05, 0) is 23.8 Å². The van der Waals surface area contributed by atoms with E-state index in [-0.39, 0.29) is 4.90 Å². The van der Waals surface area contributed by atoms with E-state index >= 15 is 0 Å². The summed E-state index contributed by atoms with van der Waals surface area (Å²) in [5.74, 6) is 1.74. The van der Waals surface area contributed by atoms with E-state index in [0.29, 0.717) is 22.3 Å². The molecule has 0 fully saturated rings. The smallest absolute Gasteiger partial charge is 0.286 e. The number of rotatable bonds is 4. The van der Waals surface area contributed by atoms with Gasteiger partial charge in [-0.15, -0.1) is 16.2 Å². The van der Waals surface area contributed by atoms with Crippen molar-refractivity contribution in [1.82, 2.24) is 0 Å². The van der Waals surface area contributed by atoms with Crippen LogP contribution in [0.5, 0.6) is 0 Å². The molecule has 3 rings (SSSR count). The lowest BCUT2D eigenvalue weighted by molar-refractivity contribution is 0.598. The maximum Gasteiger partial charge on any atom is 0.286 e. The Morgan fingerprint density at radius 3 is 2.64 bits per heavy atom. The van der Waals surface area contributed by atoms with Crippen molar-refractivity contribution < 1.29 is 8.42 Å². The molecule has 0 radical (unpaired) electrons. The number of nitrogens with one attached hydrogen (secondary N) is 1. The van der Waals surface area contributed by atoms with Crippen LogP contribution in [0.25, 0.3) is 0 Å². The van der Waals surface area contributed by atoms with Crippen LogP contribution >= 0.6 is 23.4 Å². The number of halogens is 1. The van der Waals surface area contributed by atoms with Crippen LogP contribution in [0.3, 0.4) is 0 Å². The first-order valence-electron chi connectivity index (χ1n) is 6.57. The molecule has 0 bridgehead atoms. The Labute approximate surface area is 138 Å². The van der Waals surface area contributed by atoms with Gasteiger partial charge in [-0.2, -0.15) is 8.42 Å². The SMILES string of the molecule is O=S1(=O)N=C(CSCc2ccccc2)Nc2ccc(Cl)cc21. The summed E-state index contributed by atoms with van der Waals surface area (Å²) in [6, 6.07) is 14.7. The van der Waals surface area contributed by atoms with Crippen molar-refractivity contribution in [3.63, 3.8) is 0 Å². The van der Waals surface area contributed by atoms with Crippen molar-refractivity contribution in [3.8, 4) is 0 Å². The van der Waals surface area contributed by atoms with E-state index in [9.17, 15) is 8.42 Å². The molecule has 0 atom stereocenters. The summed E-state index contributed by atoms with van der Waals surface area (Å²) in [5.41, 5.74) is 1.72. The molecule has 2 aromatic carbocycles. The molecular formula is C15H13ClN2O2S2. The van der Waals surface area contributed by atoms with Crippen LogP contribution in [-0.4, -0.2) is 20.0 Å². The van der Waals surface area contributed by atoms with Crippen molar-refractivity contribution in [1.29, 1.82) is 0 Å². The number of hydrogen-bond donors (Lipinski definition) is 1. The number of anilines is 1. The lowest BCUT2D eigenvalue weighted by Gasteiger charge is -2.18. The first kappa shape index (κ1) is 15.4. The van der Waals surface area contributed by atoms with Crippen LogP contribution in [0.4, 0.5) is 5.69 Å². The van der Waals surface area contributed by atoms with Gasteiger partial charge in [0, 0.05) is 10.8 Å². The van der Waals surface area contributed by atoms with E-state index < -0.39 is 10.0 Å².